The minimum atomic E-state index is -0.666. The Balaban J connectivity index is 1.28. The van der Waals surface area contributed by atoms with Gasteiger partial charge >= 0.3 is 17.9 Å². The van der Waals surface area contributed by atoms with Gasteiger partial charge in [-0.1, -0.05) is 6.58 Å². The van der Waals surface area contributed by atoms with Crippen LogP contribution in [0.5, 0.6) is 5.75 Å². The molecular weight excluding hydrogens is 458 g/mol. The largest absolute Gasteiger partial charge is 0.457 e. The molecule has 2 aliphatic heterocycles. The first-order valence-corrected chi connectivity index (χ1v) is 10.7. The standard InChI is InChI=1S/C25H21NO9/c1-2-21(27)33-14-32-18-9-7-17(8-10-18)25(29)35-20-13-31-22-19(12-30-23(20)22)34-24(28)16-5-3-15(11-26)4-6-16/h2-10,19-20,22-23H,1,12-14H2. The van der Waals surface area contributed by atoms with Crippen LogP contribution in [0.3, 0.4) is 0 Å². The van der Waals surface area contributed by atoms with Crippen molar-refractivity contribution in [2.24, 2.45) is 0 Å². The fraction of sp³-hybridized carbons (Fsp3) is 0.280. The molecule has 0 aromatic heterocycles. The molecule has 2 aromatic carbocycles. The summed E-state index contributed by atoms with van der Waals surface area (Å²) in [4.78, 5) is 36.0. The topological polar surface area (TPSA) is 130 Å². The highest BCUT2D eigenvalue weighted by Gasteiger charge is 2.51. The normalized spacial score (nSPS) is 22.4. The molecule has 4 rings (SSSR count). The van der Waals surface area contributed by atoms with Gasteiger partial charge in [-0.05, 0) is 48.5 Å². The zero-order chi connectivity index (χ0) is 24.8. The van der Waals surface area contributed by atoms with E-state index in [0.717, 1.165) is 6.08 Å². The Hall–Kier alpha value is -4.20. The number of benzene rings is 2. The predicted molar refractivity (Wildman–Crippen MR) is 117 cm³/mol. The number of nitriles is 1. The van der Waals surface area contributed by atoms with E-state index in [2.05, 4.69) is 6.58 Å². The van der Waals surface area contributed by atoms with Crippen LogP contribution in [0, 0.1) is 11.3 Å². The highest BCUT2D eigenvalue weighted by atomic mass is 16.7. The molecule has 2 saturated heterocycles. The van der Waals surface area contributed by atoms with Gasteiger partial charge in [-0.15, -0.1) is 0 Å². The van der Waals surface area contributed by atoms with Crippen molar-refractivity contribution in [2.75, 3.05) is 20.0 Å². The van der Waals surface area contributed by atoms with Gasteiger partial charge in [0, 0.05) is 6.08 Å². The van der Waals surface area contributed by atoms with Crippen molar-refractivity contribution >= 4 is 17.9 Å². The SMILES string of the molecule is C=CC(=O)OCOc1ccc(C(=O)OC2COC3C(OC(=O)c4ccc(C#N)cc4)COC23)cc1. The number of hydrogen-bond donors (Lipinski definition) is 0. The average Bonchev–Trinajstić information content (AvgIpc) is 3.47. The average molecular weight is 479 g/mol. The molecule has 4 unspecified atom stereocenters. The number of hydrogen-bond acceptors (Lipinski definition) is 10. The molecular formula is C25H21NO9. The monoisotopic (exact) mass is 479 g/mol. The van der Waals surface area contributed by atoms with Gasteiger partial charge in [-0.25, -0.2) is 14.4 Å². The molecule has 0 aliphatic carbocycles. The zero-order valence-corrected chi connectivity index (χ0v) is 18.5. The summed E-state index contributed by atoms with van der Waals surface area (Å²) < 4.78 is 32.5. The molecule has 0 radical (unpaired) electrons. The summed E-state index contributed by atoms with van der Waals surface area (Å²) in [6, 6.07) is 14.2. The summed E-state index contributed by atoms with van der Waals surface area (Å²) in [6.07, 6.45) is -1.43. The Morgan fingerprint density at radius 3 is 1.91 bits per heavy atom. The van der Waals surface area contributed by atoms with Crippen LogP contribution in [-0.2, 0) is 28.5 Å². The smallest absolute Gasteiger partial charge is 0.338 e. The summed E-state index contributed by atoms with van der Waals surface area (Å²) in [7, 11) is 0. The van der Waals surface area contributed by atoms with E-state index < -0.39 is 42.3 Å². The van der Waals surface area contributed by atoms with Crippen molar-refractivity contribution in [3.63, 3.8) is 0 Å². The first-order valence-electron chi connectivity index (χ1n) is 10.7. The Bertz CT molecular complexity index is 1140. The predicted octanol–water partition coefficient (Wildman–Crippen LogP) is 2.17. The highest BCUT2D eigenvalue weighted by molar-refractivity contribution is 5.90. The maximum absolute atomic E-state index is 12.6. The maximum atomic E-state index is 12.6. The van der Waals surface area contributed by atoms with E-state index in [0.29, 0.717) is 16.9 Å². The third-order valence-electron chi connectivity index (χ3n) is 5.41. The first-order chi connectivity index (χ1) is 17.0. The van der Waals surface area contributed by atoms with Gasteiger partial charge in [-0.3, -0.25) is 0 Å². The molecule has 0 N–H and O–H groups in total. The van der Waals surface area contributed by atoms with E-state index in [1.54, 1.807) is 0 Å². The molecule has 35 heavy (non-hydrogen) atoms. The Morgan fingerprint density at radius 1 is 0.914 bits per heavy atom. The highest BCUT2D eigenvalue weighted by Crippen LogP contribution is 2.31. The summed E-state index contributed by atoms with van der Waals surface area (Å²) in [5.74, 6) is -1.35. The molecule has 2 aromatic rings. The van der Waals surface area contributed by atoms with E-state index in [1.165, 1.54) is 48.5 Å². The molecule has 0 saturated carbocycles. The van der Waals surface area contributed by atoms with Gasteiger partial charge in [0.2, 0.25) is 6.79 Å². The number of carbonyl (C=O) groups is 3. The van der Waals surface area contributed by atoms with Crippen LogP contribution >= 0.6 is 0 Å². The number of nitrogens with zero attached hydrogens (tertiary/aromatic N) is 1. The summed E-state index contributed by atoms with van der Waals surface area (Å²) in [5.41, 5.74) is 1.02. The lowest BCUT2D eigenvalue weighted by atomic mass is 10.1. The van der Waals surface area contributed by atoms with Crippen molar-refractivity contribution in [3.05, 3.63) is 77.9 Å². The van der Waals surface area contributed by atoms with E-state index in [-0.39, 0.29) is 25.6 Å². The number of ether oxygens (including phenoxy) is 6. The molecule has 0 spiro atoms. The van der Waals surface area contributed by atoms with Crippen LogP contribution in [0.1, 0.15) is 26.3 Å². The molecule has 4 atom stereocenters. The van der Waals surface area contributed by atoms with E-state index >= 15 is 0 Å². The van der Waals surface area contributed by atoms with E-state index in [4.69, 9.17) is 33.7 Å². The third-order valence-corrected chi connectivity index (χ3v) is 5.41. The molecule has 180 valence electrons. The molecule has 2 heterocycles. The molecule has 2 aliphatic rings. The van der Waals surface area contributed by atoms with Gasteiger partial charge in [-0.2, -0.15) is 5.26 Å². The van der Waals surface area contributed by atoms with Crippen LogP contribution in [0.4, 0.5) is 0 Å². The zero-order valence-electron chi connectivity index (χ0n) is 18.5. The van der Waals surface area contributed by atoms with Gasteiger partial charge in [0.25, 0.3) is 0 Å². The van der Waals surface area contributed by atoms with Crippen LogP contribution < -0.4 is 4.74 Å². The van der Waals surface area contributed by atoms with Crippen molar-refractivity contribution in [1.82, 2.24) is 0 Å². The lowest BCUT2D eigenvalue weighted by molar-refractivity contribution is -0.144. The maximum Gasteiger partial charge on any atom is 0.338 e. The summed E-state index contributed by atoms with van der Waals surface area (Å²) in [6.45, 7) is 3.20. The van der Waals surface area contributed by atoms with Crippen molar-refractivity contribution in [1.29, 1.82) is 5.26 Å². The minimum Gasteiger partial charge on any atom is -0.457 e. The van der Waals surface area contributed by atoms with Gasteiger partial charge in [0.15, 0.2) is 12.2 Å². The van der Waals surface area contributed by atoms with Gasteiger partial charge < -0.3 is 28.4 Å². The second-order valence-electron chi connectivity index (χ2n) is 7.63. The van der Waals surface area contributed by atoms with Gasteiger partial charge in [0.05, 0.1) is 36.0 Å². The van der Waals surface area contributed by atoms with Crippen LogP contribution in [0.25, 0.3) is 0 Å². The Kier molecular flexibility index (Phi) is 7.40. The third kappa shape index (κ3) is 5.66. The molecule has 10 nitrogen and oxygen atoms in total. The van der Waals surface area contributed by atoms with Crippen molar-refractivity contribution in [3.8, 4) is 11.8 Å². The van der Waals surface area contributed by atoms with Crippen LogP contribution in [-0.4, -0.2) is 62.3 Å². The fourth-order valence-electron chi connectivity index (χ4n) is 3.62. The Labute approximate surface area is 200 Å². The minimum absolute atomic E-state index is 0.0991. The van der Waals surface area contributed by atoms with Gasteiger partial charge in [0.1, 0.15) is 18.0 Å². The summed E-state index contributed by atoms with van der Waals surface area (Å²) >= 11 is 0. The molecule has 0 bridgehead atoms. The quantitative estimate of drug-likeness (QED) is 0.240. The number of esters is 3. The lowest BCUT2D eigenvalue weighted by Gasteiger charge is -2.17. The fourth-order valence-corrected chi connectivity index (χ4v) is 3.62. The molecule has 0 amide bonds. The molecule has 2 fully saturated rings. The summed E-state index contributed by atoms with van der Waals surface area (Å²) in [5, 5.41) is 8.87. The first kappa shape index (κ1) is 23.9. The van der Waals surface area contributed by atoms with E-state index in [9.17, 15) is 14.4 Å². The lowest BCUT2D eigenvalue weighted by Crippen LogP contribution is -2.36. The van der Waals surface area contributed by atoms with E-state index in [1.807, 2.05) is 6.07 Å². The van der Waals surface area contributed by atoms with Crippen LogP contribution in [0.2, 0.25) is 0 Å². The Morgan fingerprint density at radius 2 is 1.43 bits per heavy atom. The number of fused-ring (bicyclic) bond motifs is 1. The number of rotatable bonds is 8. The molecule has 10 heteroatoms. The second-order valence-corrected chi connectivity index (χ2v) is 7.63. The van der Waals surface area contributed by atoms with Crippen molar-refractivity contribution < 1.29 is 42.8 Å². The van der Waals surface area contributed by atoms with Crippen molar-refractivity contribution in [2.45, 2.75) is 24.4 Å². The van der Waals surface area contributed by atoms with Crippen LogP contribution in [0.15, 0.2) is 61.2 Å². The second kappa shape index (κ2) is 10.8. The number of carbonyl (C=O) groups excluding carboxylic acids is 3.